The van der Waals surface area contributed by atoms with Gasteiger partial charge in [-0.1, -0.05) is 121 Å². The molecule has 2 unspecified atom stereocenters. The van der Waals surface area contributed by atoms with Crippen molar-refractivity contribution in [2.45, 2.75) is 92.0 Å². The van der Waals surface area contributed by atoms with Gasteiger partial charge in [-0.2, -0.15) is 0 Å². The SMILES string of the molecule is C=Cc1cc(C(=O)Cc2ccc(C(=N)N)cc2)c(-c2ccc(C(=O)NCC3CC3)nc2C(=O)OCCOC(=O)[C@@H](C)C(C)CC)cc1OC.C=Cc1cc(C(=O)Cc2ccc(C(=N)N)cc2)c(-c2ccc(C(=O)NCC3CC3)nc2C(=O)OCCOC(=O)[C@@H](N)C(C)CC)cc1OC. The zero-order chi connectivity index (χ0) is 71.3. The highest BCUT2D eigenvalue weighted by Crippen LogP contribution is 2.37. The van der Waals surface area contributed by atoms with Gasteiger partial charge in [0.05, 0.1) is 20.1 Å². The van der Waals surface area contributed by atoms with Crippen LogP contribution in [0.25, 0.3) is 34.4 Å². The number of carbonyl (C=O) groups excluding carboxylic acids is 8. The molecule has 23 nitrogen and oxygen atoms in total. The monoisotopic (exact) mass is 1340 g/mol. The van der Waals surface area contributed by atoms with Crippen LogP contribution >= 0.6 is 0 Å². The van der Waals surface area contributed by atoms with Crippen LogP contribution in [0.4, 0.5) is 0 Å². The van der Waals surface area contributed by atoms with E-state index >= 15 is 0 Å². The predicted molar refractivity (Wildman–Crippen MR) is 372 cm³/mol. The van der Waals surface area contributed by atoms with E-state index in [9.17, 15) is 38.4 Å². The number of carbonyl (C=O) groups is 8. The van der Waals surface area contributed by atoms with Gasteiger partial charge in [0.1, 0.15) is 67.0 Å². The minimum atomic E-state index is -0.890. The third-order valence-corrected chi connectivity index (χ3v) is 17.3. The Balaban J connectivity index is 0.000000276. The first-order chi connectivity index (χ1) is 46.9. The smallest absolute Gasteiger partial charge is 0.357 e. The van der Waals surface area contributed by atoms with E-state index in [-0.39, 0.29) is 131 Å². The number of hydrogen-bond donors (Lipinski definition) is 7. The lowest BCUT2D eigenvalue weighted by atomic mass is 9.90. The molecule has 8 rings (SSSR count). The highest BCUT2D eigenvalue weighted by Gasteiger charge is 2.30. The summed E-state index contributed by atoms with van der Waals surface area (Å²) in [5.41, 5.74) is 21.9. The molecule has 2 fully saturated rings. The Bertz CT molecular complexity index is 3720. The molecule has 2 aliphatic carbocycles. The lowest BCUT2D eigenvalue weighted by Crippen LogP contribution is -2.38. The quantitative estimate of drug-likeness (QED) is 0.00493. The van der Waals surface area contributed by atoms with Crippen LogP contribution in [0, 0.1) is 40.4 Å². The third-order valence-electron chi connectivity index (χ3n) is 17.3. The maximum atomic E-state index is 13.9. The number of amides is 2. The number of esters is 4. The van der Waals surface area contributed by atoms with Gasteiger partial charge in [0.25, 0.3) is 11.8 Å². The van der Waals surface area contributed by atoms with Crippen molar-refractivity contribution < 1.29 is 66.8 Å². The van der Waals surface area contributed by atoms with Crippen molar-refractivity contribution in [2.24, 2.45) is 46.8 Å². The fourth-order valence-electron chi connectivity index (χ4n) is 10.1. The average molecular weight is 1340 g/mol. The van der Waals surface area contributed by atoms with Gasteiger partial charge in [-0.25, -0.2) is 19.6 Å². The first kappa shape index (κ1) is 74.7. The van der Waals surface area contributed by atoms with Crippen molar-refractivity contribution in [3.8, 4) is 33.8 Å². The number of ether oxygens (including phenoxy) is 6. The summed E-state index contributed by atoms with van der Waals surface area (Å²) in [6.45, 7) is 17.3. The number of rotatable bonds is 34. The van der Waals surface area contributed by atoms with Gasteiger partial charge in [-0.15, -0.1) is 0 Å². The van der Waals surface area contributed by atoms with Gasteiger partial charge in [-0.05, 0) is 120 Å². The molecule has 2 aliphatic rings. The number of nitrogen functional groups attached to an aromatic ring is 2. The standard InChI is InChI=1S/C38H44N4O7.C37H43N5O7/c1-6-22(3)23(4)37(45)48-16-17-49-38(46)34-28(14-15-31(42-34)36(44)41-21-25-8-9-25)29-20-33(47-5)26(7-2)19-30(29)32(43)18-24-10-12-27(13-11-24)35(39)40;1-5-21(3)32(38)36(45)48-15-16-49-37(46)33-26(13-14-29(42-33)35(44)41-20-23-7-8-23)27-19-31(47-4)24(6-2)18-28(27)30(43)17-22-9-11-25(12-10-22)34(39)40/h7,10-15,19-20,22-23,25H,2,6,8-9,16-18,21H2,1,3-5H3,(H3,39,40)(H,41,44);6,9-14,18-19,21,23,32H,2,5,7-8,15-17,20,38H2,1,3-4H3,(H3,39,40)(H,41,44)/t22?,23-;21?,32-/m00/s1. The van der Waals surface area contributed by atoms with Crippen molar-refractivity contribution in [1.82, 2.24) is 20.6 Å². The molecule has 0 saturated heterocycles. The average Bonchev–Trinajstić information content (AvgIpc) is 1.05. The van der Waals surface area contributed by atoms with E-state index in [0.29, 0.717) is 87.4 Å². The highest BCUT2D eigenvalue weighted by molar-refractivity contribution is 6.09. The summed E-state index contributed by atoms with van der Waals surface area (Å²) in [4.78, 5) is 115. The van der Waals surface area contributed by atoms with Crippen LogP contribution in [0.1, 0.15) is 169 Å². The van der Waals surface area contributed by atoms with Gasteiger partial charge < -0.3 is 56.3 Å². The summed E-state index contributed by atoms with van der Waals surface area (Å²) < 4.78 is 32.7. The Morgan fingerprint density at radius 3 is 1.27 bits per heavy atom. The molecule has 23 heteroatoms. The summed E-state index contributed by atoms with van der Waals surface area (Å²) in [5.74, 6) is -2.97. The maximum Gasteiger partial charge on any atom is 0.357 e. The Kier molecular flexibility index (Phi) is 27.0. The molecular formula is C75H87N9O14. The van der Waals surface area contributed by atoms with Crippen molar-refractivity contribution in [3.05, 3.63) is 178 Å². The Morgan fingerprint density at radius 2 is 0.918 bits per heavy atom. The zero-order valence-electron chi connectivity index (χ0n) is 56.5. The lowest BCUT2D eigenvalue weighted by Gasteiger charge is -2.18. The van der Waals surface area contributed by atoms with E-state index in [4.69, 9.17) is 56.4 Å². The van der Waals surface area contributed by atoms with Gasteiger partial charge in [0, 0.05) is 70.4 Å². The van der Waals surface area contributed by atoms with Gasteiger partial charge in [0.2, 0.25) is 0 Å². The maximum absolute atomic E-state index is 13.9. The minimum absolute atomic E-state index is 0.00337. The first-order valence-electron chi connectivity index (χ1n) is 32.6. The molecule has 98 heavy (non-hydrogen) atoms. The number of ketones is 2. The summed E-state index contributed by atoms with van der Waals surface area (Å²) in [7, 11) is 2.95. The van der Waals surface area contributed by atoms with Gasteiger partial charge in [0.15, 0.2) is 23.0 Å². The molecule has 0 aliphatic heterocycles. The first-order valence-corrected chi connectivity index (χ1v) is 32.6. The van der Waals surface area contributed by atoms with Crippen molar-refractivity contribution in [3.63, 3.8) is 0 Å². The summed E-state index contributed by atoms with van der Waals surface area (Å²) in [6.07, 6.45) is 8.79. The molecule has 6 aromatic rings. The molecule has 0 radical (unpaired) electrons. The number of nitrogens with two attached hydrogens (primary N) is 3. The van der Waals surface area contributed by atoms with Crippen LogP contribution in [0.3, 0.4) is 0 Å². The summed E-state index contributed by atoms with van der Waals surface area (Å²) >= 11 is 0. The van der Waals surface area contributed by atoms with E-state index in [1.54, 1.807) is 104 Å². The number of Topliss-reactive ketones (excluding diaryl/α,β-unsaturated/α-hetero) is 2. The topological polar surface area (TPSA) is 368 Å². The molecule has 2 aromatic heterocycles. The molecule has 2 amide bonds. The van der Waals surface area contributed by atoms with Crippen LogP contribution in [0.2, 0.25) is 0 Å². The Morgan fingerprint density at radius 1 is 0.541 bits per heavy atom. The van der Waals surface area contributed by atoms with Crippen molar-refractivity contribution >= 4 is 71.1 Å². The summed E-state index contributed by atoms with van der Waals surface area (Å²) in [6, 6.07) is 25.3. The van der Waals surface area contributed by atoms with Crippen LogP contribution in [-0.2, 0) is 41.4 Å². The zero-order valence-corrected chi connectivity index (χ0v) is 56.5. The highest BCUT2D eigenvalue weighted by atomic mass is 16.6. The third kappa shape index (κ3) is 20.2. The molecule has 4 aromatic carbocycles. The Hall–Kier alpha value is -10.7. The van der Waals surface area contributed by atoms with Crippen LogP contribution in [0.15, 0.2) is 110 Å². The van der Waals surface area contributed by atoms with E-state index in [2.05, 4.69) is 33.8 Å². The van der Waals surface area contributed by atoms with Crippen LogP contribution in [-0.4, -0.2) is 129 Å². The van der Waals surface area contributed by atoms with Gasteiger partial charge in [-0.3, -0.25) is 39.6 Å². The number of methoxy groups -OCH3 is 2. The number of nitrogens with zero attached hydrogens (tertiary/aromatic N) is 2. The molecule has 516 valence electrons. The van der Waals surface area contributed by atoms with Crippen LogP contribution in [0.5, 0.6) is 11.5 Å². The number of benzene rings is 4. The van der Waals surface area contributed by atoms with Crippen molar-refractivity contribution in [2.75, 3.05) is 53.7 Å². The number of hydrogen-bond acceptors (Lipinski definition) is 19. The number of aromatic nitrogens is 2. The van der Waals surface area contributed by atoms with E-state index in [1.165, 1.54) is 26.4 Å². The van der Waals surface area contributed by atoms with E-state index < -0.39 is 35.8 Å². The molecule has 2 heterocycles. The molecule has 0 bridgehead atoms. The normalized spacial score (nSPS) is 13.5. The second-order valence-corrected chi connectivity index (χ2v) is 24.3. The molecular weight excluding hydrogens is 1250 g/mol. The second kappa shape index (κ2) is 35.4. The predicted octanol–water partition coefficient (Wildman–Crippen LogP) is 9.95. The molecule has 2 saturated carbocycles. The fourth-order valence-corrected chi connectivity index (χ4v) is 10.1. The minimum Gasteiger partial charge on any atom is -0.496 e. The van der Waals surface area contributed by atoms with E-state index in [0.717, 1.165) is 32.1 Å². The van der Waals surface area contributed by atoms with E-state index in [1.807, 2.05) is 27.7 Å². The fraction of sp³-hybridized carbons (Fsp3) is 0.360. The van der Waals surface area contributed by atoms with Crippen LogP contribution < -0.4 is 37.3 Å². The number of pyridine rings is 2. The number of amidine groups is 2. The van der Waals surface area contributed by atoms with Crippen molar-refractivity contribution in [1.29, 1.82) is 10.8 Å². The Labute approximate surface area is 570 Å². The molecule has 4 atom stereocenters. The largest absolute Gasteiger partial charge is 0.496 e. The lowest BCUT2D eigenvalue weighted by molar-refractivity contribution is -0.150. The number of nitrogens with one attached hydrogen (secondary N) is 4. The van der Waals surface area contributed by atoms with Gasteiger partial charge >= 0.3 is 23.9 Å². The molecule has 10 N–H and O–H groups in total. The second-order valence-electron chi connectivity index (χ2n) is 24.3. The summed E-state index contributed by atoms with van der Waals surface area (Å²) in [5, 5.41) is 21.0. The molecule has 0 spiro atoms.